The Balaban J connectivity index is 1.95. The van der Waals surface area contributed by atoms with Crippen molar-refractivity contribution >= 4 is 21.2 Å². The van der Waals surface area contributed by atoms with Crippen molar-refractivity contribution in [2.45, 2.75) is 64.3 Å². The minimum absolute atomic E-state index is 0.0639. The van der Waals surface area contributed by atoms with Crippen LogP contribution in [0.25, 0.3) is 0 Å². The highest BCUT2D eigenvalue weighted by Crippen LogP contribution is 2.25. The van der Waals surface area contributed by atoms with Crippen LogP contribution < -0.4 is 0 Å². The molecule has 6 heteroatoms. The van der Waals surface area contributed by atoms with Gasteiger partial charge < -0.3 is 0 Å². The monoisotopic (exact) mass is 344 g/mol. The SMILES string of the molecule is CC(C)CC[C@@H]1CCCCN1Cc1csc(CS(C)(=O)=O)n1. The summed E-state index contributed by atoms with van der Waals surface area (Å²) in [5.74, 6) is 0.818. The van der Waals surface area contributed by atoms with E-state index in [1.165, 1.54) is 49.7 Å². The maximum absolute atomic E-state index is 11.4. The van der Waals surface area contributed by atoms with Crippen LogP contribution in [0.3, 0.4) is 0 Å². The molecular formula is C16H28N2O2S2. The number of aromatic nitrogens is 1. The molecule has 0 unspecified atom stereocenters. The second-order valence-corrected chi connectivity index (χ2v) is 9.98. The molecule has 1 aromatic heterocycles. The second kappa shape index (κ2) is 7.88. The molecule has 0 aliphatic carbocycles. The maximum atomic E-state index is 11.4. The zero-order valence-electron chi connectivity index (χ0n) is 13.9. The van der Waals surface area contributed by atoms with Gasteiger partial charge in [-0.15, -0.1) is 11.3 Å². The normalized spacial score (nSPS) is 20.6. The Morgan fingerprint density at radius 3 is 2.86 bits per heavy atom. The Labute approximate surface area is 138 Å². The molecule has 4 nitrogen and oxygen atoms in total. The van der Waals surface area contributed by atoms with Crippen molar-refractivity contribution in [3.63, 3.8) is 0 Å². The van der Waals surface area contributed by atoms with Crippen molar-refractivity contribution in [3.8, 4) is 0 Å². The first kappa shape index (κ1) is 17.9. The molecule has 1 aliphatic heterocycles. The number of sulfone groups is 1. The summed E-state index contributed by atoms with van der Waals surface area (Å²) < 4.78 is 22.7. The first-order valence-corrected chi connectivity index (χ1v) is 11.1. The van der Waals surface area contributed by atoms with E-state index in [1.807, 2.05) is 5.38 Å². The Bertz CT molecular complexity index is 566. The van der Waals surface area contributed by atoms with E-state index in [9.17, 15) is 8.42 Å². The van der Waals surface area contributed by atoms with Crippen molar-refractivity contribution in [2.75, 3.05) is 12.8 Å². The molecule has 0 radical (unpaired) electrons. The van der Waals surface area contributed by atoms with Gasteiger partial charge in [0, 0.05) is 24.2 Å². The Hall–Kier alpha value is -0.460. The average Bonchev–Trinajstić information content (AvgIpc) is 2.82. The molecule has 2 heterocycles. The molecule has 2 rings (SSSR count). The molecule has 0 bridgehead atoms. The minimum atomic E-state index is -2.99. The first-order valence-electron chi connectivity index (χ1n) is 8.18. The summed E-state index contributed by atoms with van der Waals surface area (Å²) in [5, 5.41) is 2.74. The van der Waals surface area contributed by atoms with Crippen LogP contribution in [0.1, 0.15) is 56.7 Å². The van der Waals surface area contributed by atoms with E-state index in [0.29, 0.717) is 11.0 Å². The number of likely N-dealkylation sites (tertiary alicyclic amines) is 1. The molecule has 0 spiro atoms. The fourth-order valence-corrected chi connectivity index (χ4v) is 5.04. The minimum Gasteiger partial charge on any atom is -0.295 e. The van der Waals surface area contributed by atoms with E-state index in [1.54, 1.807) is 0 Å². The summed E-state index contributed by atoms with van der Waals surface area (Å²) in [5.41, 5.74) is 1.03. The Kier molecular flexibility index (Phi) is 6.41. The highest BCUT2D eigenvalue weighted by molar-refractivity contribution is 7.90. The smallest absolute Gasteiger partial charge is 0.153 e. The van der Waals surface area contributed by atoms with Crippen molar-refractivity contribution in [1.29, 1.82) is 0 Å². The van der Waals surface area contributed by atoms with Gasteiger partial charge in [-0.2, -0.15) is 0 Å². The third-order valence-electron chi connectivity index (χ3n) is 4.18. The highest BCUT2D eigenvalue weighted by atomic mass is 32.2. The van der Waals surface area contributed by atoms with E-state index in [2.05, 4.69) is 23.7 Å². The van der Waals surface area contributed by atoms with E-state index >= 15 is 0 Å². The molecule has 1 aromatic rings. The molecule has 1 aliphatic rings. The number of hydrogen-bond acceptors (Lipinski definition) is 5. The molecule has 0 N–H and O–H groups in total. The molecule has 22 heavy (non-hydrogen) atoms. The number of hydrogen-bond donors (Lipinski definition) is 0. The zero-order valence-corrected chi connectivity index (χ0v) is 15.5. The lowest BCUT2D eigenvalue weighted by atomic mass is 9.94. The van der Waals surface area contributed by atoms with Crippen molar-refractivity contribution in [3.05, 3.63) is 16.1 Å². The van der Waals surface area contributed by atoms with Gasteiger partial charge in [-0.05, 0) is 38.1 Å². The largest absolute Gasteiger partial charge is 0.295 e. The molecule has 126 valence electrons. The molecule has 0 aromatic carbocycles. The summed E-state index contributed by atoms with van der Waals surface area (Å²) in [4.78, 5) is 7.06. The summed E-state index contributed by atoms with van der Waals surface area (Å²) >= 11 is 1.47. The second-order valence-electron chi connectivity index (χ2n) is 6.89. The lowest BCUT2D eigenvalue weighted by Gasteiger charge is -2.35. The van der Waals surface area contributed by atoms with E-state index in [-0.39, 0.29) is 5.75 Å². The van der Waals surface area contributed by atoms with E-state index < -0.39 is 9.84 Å². The van der Waals surface area contributed by atoms with Crippen LogP contribution in [0, 0.1) is 5.92 Å². The van der Waals surface area contributed by atoms with Crippen molar-refractivity contribution < 1.29 is 8.42 Å². The summed E-state index contributed by atoms with van der Waals surface area (Å²) in [6, 6.07) is 0.663. The first-order chi connectivity index (χ1) is 10.3. The Morgan fingerprint density at radius 1 is 1.41 bits per heavy atom. The van der Waals surface area contributed by atoms with Gasteiger partial charge >= 0.3 is 0 Å². The highest BCUT2D eigenvalue weighted by Gasteiger charge is 2.23. The molecule has 1 atom stereocenters. The van der Waals surface area contributed by atoms with Crippen LogP contribution in [0.15, 0.2) is 5.38 Å². The summed E-state index contributed by atoms with van der Waals surface area (Å²) in [6.07, 6.45) is 7.68. The molecule has 0 amide bonds. The number of rotatable bonds is 7. The number of nitrogens with zero attached hydrogens (tertiary/aromatic N) is 2. The van der Waals surface area contributed by atoms with Gasteiger partial charge in [0.1, 0.15) is 10.8 Å². The third-order valence-corrected chi connectivity index (χ3v) is 6.05. The van der Waals surface area contributed by atoms with Gasteiger partial charge in [0.05, 0.1) is 5.69 Å². The van der Waals surface area contributed by atoms with Crippen LogP contribution in [-0.4, -0.2) is 37.1 Å². The van der Waals surface area contributed by atoms with Gasteiger partial charge in [-0.3, -0.25) is 4.90 Å². The van der Waals surface area contributed by atoms with Crippen LogP contribution in [0.2, 0.25) is 0 Å². The lowest BCUT2D eigenvalue weighted by molar-refractivity contribution is 0.126. The van der Waals surface area contributed by atoms with Gasteiger partial charge in [-0.25, -0.2) is 13.4 Å². The molecule has 0 saturated carbocycles. The third kappa shape index (κ3) is 5.97. The topological polar surface area (TPSA) is 50.3 Å². The van der Waals surface area contributed by atoms with Gasteiger partial charge in [0.2, 0.25) is 0 Å². The fraction of sp³-hybridized carbons (Fsp3) is 0.812. The number of thiazole rings is 1. The zero-order chi connectivity index (χ0) is 16.2. The molecular weight excluding hydrogens is 316 g/mol. The van der Waals surface area contributed by atoms with Gasteiger partial charge in [0.15, 0.2) is 9.84 Å². The van der Waals surface area contributed by atoms with Crippen LogP contribution in [0.4, 0.5) is 0 Å². The van der Waals surface area contributed by atoms with Crippen molar-refractivity contribution in [2.24, 2.45) is 5.92 Å². The summed E-state index contributed by atoms with van der Waals surface area (Å²) in [6.45, 7) is 6.57. The van der Waals surface area contributed by atoms with Gasteiger partial charge in [0.25, 0.3) is 0 Å². The predicted octanol–water partition coefficient (Wildman–Crippen LogP) is 3.48. The van der Waals surface area contributed by atoms with E-state index in [0.717, 1.165) is 24.7 Å². The molecule has 1 saturated heterocycles. The quantitative estimate of drug-likeness (QED) is 0.760. The predicted molar refractivity (Wildman–Crippen MR) is 92.8 cm³/mol. The standard InChI is InChI=1S/C16H28N2O2S2/c1-13(2)7-8-15-6-4-5-9-18(15)10-14-11-21-16(17-14)12-22(3,19)20/h11,13,15H,4-10,12H2,1-3H3/t15-/m0/s1. The average molecular weight is 345 g/mol. The lowest BCUT2D eigenvalue weighted by Crippen LogP contribution is -2.39. The van der Waals surface area contributed by atoms with E-state index in [4.69, 9.17) is 0 Å². The van der Waals surface area contributed by atoms with Gasteiger partial charge in [-0.1, -0.05) is 20.3 Å². The fourth-order valence-electron chi connectivity index (χ4n) is 3.04. The Morgan fingerprint density at radius 2 is 2.18 bits per heavy atom. The maximum Gasteiger partial charge on any atom is 0.153 e. The van der Waals surface area contributed by atoms with Crippen LogP contribution in [0.5, 0.6) is 0 Å². The van der Waals surface area contributed by atoms with Crippen LogP contribution >= 0.6 is 11.3 Å². The summed E-state index contributed by atoms with van der Waals surface area (Å²) in [7, 11) is -2.99. The van der Waals surface area contributed by atoms with Crippen LogP contribution in [-0.2, 0) is 22.1 Å². The molecule has 1 fully saturated rings. The van der Waals surface area contributed by atoms with Crippen molar-refractivity contribution in [1.82, 2.24) is 9.88 Å². The number of piperidine rings is 1.